The fraction of sp³-hybridized carbons (Fsp3) is 0.316. The van der Waals surface area contributed by atoms with E-state index in [-0.39, 0.29) is 12.3 Å². The van der Waals surface area contributed by atoms with Crippen molar-refractivity contribution in [2.45, 2.75) is 22.8 Å². The smallest absolute Gasteiger partial charge is 0.228 e. The quantitative estimate of drug-likeness (QED) is 0.473. The third-order valence-electron chi connectivity index (χ3n) is 4.49. The van der Waals surface area contributed by atoms with Gasteiger partial charge in [-0.1, -0.05) is 58.5 Å². The molecule has 0 radical (unpaired) electrons. The van der Waals surface area contributed by atoms with Gasteiger partial charge in [0.1, 0.15) is 0 Å². The topological polar surface area (TPSA) is 48.5 Å². The first-order chi connectivity index (χ1) is 13.8. The van der Waals surface area contributed by atoms with Gasteiger partial charge in [0.15, 0.2) is 11.3 Å². The van der Waals surface area contributed by atoms with Crippen molar-refractivity contribution >= 4 is 75.3 Å². The number of alkyl halides is 3. The zero-order chi connectivity index (χ0) is 21.0. The van der Waals surface area contributed by atoms with Crippen molar-refractivity contribution in [3.8, 4) is 0 Å². The van der Waals surface area contributed by atoms with E-state index in [0.717, 1.165) is 11.3 Å². The molecule has 1 saturated heterocycles. The molecule has 10 heteroatoms. The number of anilines is 1. The third-order valence-corrected chi connectivity index (χ3v) is 5.89. The molecule has 2 heterocycles. The van der Waals surface area contributed by atoms with E-state index in [1.807, 2.05) is 35.2 Å². The van der Waals surface area contributed by atoms with E-state index < -0.39 is 9.96 Å². The van der Waals surface area contributed by atoms with E-state index in [9.17, 15) is 4.79 Å². The summed E-state index contributed by atoms with van der Waals surface area (Å²) in [4.78, 5) is 20.1. The number of nitrogens with one attached hydrogen (secondary N) is 1. The minimum Gasteiger partial charge on any atom is -0.332 e. The lowest BCUT2D eigenvalue weighted by molar-refractivity contribution is -0.122. The second-order valence-corrected chi connectivity index (χ2v) is 9.59. The van der Waals surface area contributed by atoms with Crippen LogP contribution in [0.3, 0.4) is 0 Å². The average Bonchev–Trinajstić information content (AvgIpc) is 3.05. The molecule has 2 aromatic rings. The molecule has 0 saturated carbocycles. The summed E-state index contributed by atoms with van der Waals surface area (Å²) in [7, 11) is 0. The Bertz CT molecular complexity index is 878. The first-order valence-corrected chi connectivity index (χ1v) is 10.8. The van der Waals surface area contributed by atoms with Gasteiger partial charge in [-0.2, -0.15) is 0 Å². The number of aromatic nitrogens is 1. The zero-order valence-corrected chi connectivity index (χ0v) is 19.0. The number of pyridine rings is 1. The van der Waals surface area contributed by atoms with Gasteiger partial charge >= 0.3 is 0 Å². The van der Waals surface area contributed by atoms with E-state index in [4.69, 9.17) is 58.6 Å². The molecule has 3 rings (SSSR count). The van der Waals surface area contributed by atoms with Gasteiger partial charge in [0, 0.05) is 31.9 Å². The Balaban J connectivity index is 1.70. The number of amides is 1. The Kier molecular flexibility index (Phi) is 7.46. The Morgan fingerprint density at radius 2 is 1.86 bits per heavy atom. The second-order valence-electron chi connectivity index (χ2n) is 6.45. The normalized spacial score (nSPS) is 15.5. The molecule has 1 aliphatic rings. The van der Waals surface area contributed by atoms with Crippen LogP contribution in [0, 0.1) is 0 Å². The zero-order valence-electron chi connectivity index (χ0n) is 15.2. The van der Waals surface area contributed by atoms with E-state index in [1.54, 1.807) is 23.4 Å². The van der Waals surface area contributed by atoms with Crippen LogP contribution in [0.1, 0.15) is 12.0 Å². The molecule has 0 aliphatic carbocycles. The van der Waals surface area contributed by atoms with Crippen LogP contribution in [0.5, 0.6) is 0 Å². The van der Waals surface area contributed by atoms with Gasteiger partial charge in [0.2, 0.25) is 9.70 Å². The van der Waals surface area contributed by atoms with Crippen molar-refractivity contribution in [2.75, 3.05) is 18.0 Å². The van der Waals surface area contributed by atoms with Crippen molar-refractivity contribution in [3.05, 3.63) is 59.4 Å². The molecule has 154 valence electrons. The van der Waals surface area contributed by atoms with Crippen molar-refractivity contribution in [2.24, 2.45) is 0 Å². The molecule has 1 atom stereocenters. The number of nitrogens with zero attached hydrogens (tertiary/aromatic N) is 3. The molecule has 29 heavy (non-hydrogen) atoms. The number of thiocarbonyl (C=S) groups is 1. The minimum atomic E-state index is -1.77. The van der Waals surface area contributed by atoms with E-state index in [1.165, 1.54) is 0 Å². The Hall–Kier alpha value is -1.31. The summed E-state index contributed by atoms with van der Waals surface area (Å²) in [5.74, 6) is -0.239. The maximum Gasteiger partial charge on any atom is 0.228 e. The second kappa shape index (κ2) is 9.67. The van der Waals surface area contributed by atoms with Crippen LogP contribution >= 0.6 is 58.6 Å². The molecular weight excluding hydrogens is 474 g/mol. The summed E-state index contributed by atoms with van der Waals surface area (Å²) < 4.78 is -1.77. The molecule has 1 aromatic carbocycles. The molecule has 1 amide bonds. The Labute approximate surface area is 194 Å². The van der Waals surface area contributed by atoms with Crippen LogP contribution in [0.4, 0.5) is 5.69 Å². The SMILES string of the molecule is O=C(CCc1ccncc1)NC(N1CCN(c2ccccc2Cl)C1=S)C(Cl)(Cl)Cl. The summed E-state index contributed by atoms with van der Waals surface area (Å²) in [6.07, 6.45) is 3.26. The number of hydrogen-bond acceptors (Lipinski definition) is 3. The molecule has 5 nitrogen and oxygen atoms in total. The van der Waals surface area contributed by atoms with Crippen LogP contribution in [0.25, 0.3) is 0 Å². The van der Waals surface area contributed by atoms with Gasteiger partial charge in [-0.25, -0.2) is 0 Å². The number of aryl methyl sites for hydroxylation is 1. The van der Waals surface area contributed by atoms with Crippen molar-refractivity contribution < 1.29 is 4.79 Å². The molecule has 1 N–H and O–H groups in total. The summed E-state index contributed by atoms with van der Waals surface area (Å²) in [6, 6.07) is 11.1. The predicted octanol–water partition coefficient (Wildman–Crippen LogP) is 4.59. The number of benzene rings is 1. The standard InChI is InChI=1S/C19H18Cl4N4OS/c20-14-3-1-2-4-15(14)26-11-12-27(18(26)29)17(19(21,22)23)25-16(28)6-5-13-7-9-24-10-8-13/h1-4,7-10,17H,5-6,11-12H2,(H,25,28). The summed E-state index contributed by atoms with van der Waals surface area (Å²) in [5, 5.41) is 3.82. The fourth-order valence-electron chi connectivity index (χ4n) is 3.06. The average molecular weight is 492 g/mol. The van der Waals surface area contributed by atoms with Crippen LogP contribution in [0.15, 0.2) is 48.8 Å². The van der Waals surface area contributed by atoms with Gasteiger partial charge in [0.25, 0.3) is 0 Å². The third kappa shape index (κ3) is 5.64. The molecule has 1 aromatic heterocycles. The molecule has 0 bridgehead atoms. The van der Waals surface area contributed by atoms with Crippen LogP contribution in [-0.2, 0) is 11.2 Å². The van der Waals surface area contributed by atoms with Gasteiger partial charge in [0.05, 0.1) is 10.7 Å². The first-order valence-electron chi connectivity index (χ1n) is 8.85. The maximum absolute atomic E-state index is 12.5. The van der Waals surface area contributed by atoms with E-state index >= 15 is 0 Å². The van der Waals surface area contributed by atoms with Crippen molar-refractivity contribution in [3.63, 3.8) is 0 Å². The first kappa shape index (κ1) is 22.4. The highest BCUT2D eigenvalue weighted by molar-refractivity contribution is 7.80. The van der Waals surface area contributed by atoms with Crippen molar-refractivity contribution in [1.29, 1.82) is 0 Å². The van der Waals surface area contributed by atoms with Gasteiger partial charge in [-0.05, 0) is 48.5 Å². The minimum absolute atomic E-state index is 0.239. The number of halogens is 4. The van der Waals surface area contributed by atoms with Crippen LogP contribution in [0.2, 0.25) is 5.02 Å². The highest BCUT2D eigenvalue weighted by Gasteiger charge is 2.43. The molecule has 1 fully saturated rings. The molecule has 0 spiro atoms. The lowest BCUT2D eigenvalue weighted by atomic mass is 10.1. The summed E-state index contributed by atoms with van der Waals surface area (Å²) >= 11 is 30.5. The highest BCUT2D eigenvalue weighted by Crippen LogP contribution is 2.36. The lowest BCUT2D eigenvalue weighted by Crippen LogP contribution is -2.56. The Morgan fingerprint density at radius 1 is 1.17 bits per heavy atom. The van der Waals surface area contributed by atoms with Gasteiger partial charge < -0.3 is 15.1 Å². The van der Waals surface area contributed by atoms with Gasteiger partial charge in [-0.15, -0.1) is 0 Å². The number of rotatable bonds is 6. The number of carbonyl (C=O) groups is 1. The number of hydrogen-bond donors (Lipinski definition) is 1. The predicted molar refractivity (Wildman–Crippen MR) is 123 cm³/mol. The van der Waals surface area contributed by atoms with Crippen molar-refractivity contribution in [1.82, 2.24) is 15.2 Å². The van der Waals surface area contributed by atoms with E-state index in [0.29, 0.717) is 29.6 Å². The fourth-order valence-corrected chi connectivity index (χ4v) is 4.20. The summed E-state index contributed by atoms with van der Waals surface area (Å²) in [5.41, 5.74) is 1.77. The summed E-state index contributed by atoms with van der Waals surface area (Å²) in [6.45, 7) is 1.04. The highest BCUT2D eigenvalue weighted by atomic mass is 35.6. The largest absolute Gasteiger partial charge is 0.332 e. The maximum atomic E-state index is 12.5. The number of para-hydroxylation sites is 1. The van der Waals surface area contributed by atoms with Crippen LogP contribution in [-0.4, -0.2) is 44.0 Å². The lowest BCUT2D eigenvalue weighted by Gasteiger charge is -2.35. The molecule has 1 unspecified atom stereocenters. The molecular formula is C19H18Cl4N4OS. The monoisotopic (exact) mass is 490 g/mol. The van der Waals surface area contributed by atoms with Gasteiger partial charge in [-0.3, -0.25) is 9.78 Å². The van der Waals surface area contributed by atoms with Crippen LogP contribution < -0.4 is 10.2 Å². The van der Waals surface area contributed by atoms with E-state index in [2.05, 4.69) is 10.3 Å². The Morgan fingerprint density at radius 3 is 2.52 bits per heavy atom. The molecule has 1 aliphatic heterocycles. The number of carbonyl (C=O) groups excluding carboxylic acids is 1.